The smallest absolute Gasteiger partial charge is 0.0529 e. The van der Waals surface area contributed by atoms with Crippen LogP contribution in [0.5, 0.6) is 0 Å². The van der Waals surface area contributed by atoms with Gasteiger partial charge in [0.25, 0.3) is 0 Å². The molecule has 1 fully saturated rings. The van der Waals surface area contributed by atoms with Crippen LogP contribution in [-0.4, -0.2) is 39.0 Å². The van der Waals surface area contributed by atoms with Crippen molar-refractivity contribution in [3.05, 3.63) is 0 Å². The lowest BCUT2D eigenvalue weighted by molar-refractivity contribution is -0.00185. The van der Waals surface area contributed by atoms with Gasteiger partial charge < -0.3 is 14.8 Å². The van der Waals surface area contributed by atoms with Gasteiger partial charge in [-0.05, 0) is 18.8 Å². The molecule has 1 saturated heterocycles. The molecule has 1 aliphatic rings. The van der Waals surface area contributed by atoms with E-state index in [0.29, 0.717) is 12.0 Å². The van der Waals surface area contributed by atoms with Crippen LogP contribution in [0.2, 0.25) is 0 Å². The molecule has 0 aromatic rings. The van der Waals surface area contributed by atoms with E-state index in [2.05, 4.69) is 33.0 Å². The molecule has 1 aliphatic heterocycles. The van der Waals surface area contributed by atoms with Gasteiger partial charge in [-0.1, -0.05) is 27.7 Å². The van der Waals surface area contributed by atoms with Crippen LogP contribution >= 0.6 is 0 Å². The molecular formula is C14H29NO2. The highest BCUT2D eigenvalue weighted by Crippen LogP contribution is 2.18. The van der Waals surface area contributed by atoms with Crippen molar-refractivity contribution < 1.29 is 9.47 Å². The van der Waals surface area contributed by atoms with Gasteiger partial charge in [-0.3, -0.25) is 0 Å². The Hall–Kier alpha value is -0.120. The van der Waals surface area contributed by atoms with Crippen LogP contribution < -0.4 is 5.32 Å². The van der Waals surface area contributed by atoms with Crippen molar-refractivity contribution in [2.24, 2.45) is 11.3 Å². The van der Waals surface area contributed by atoms with Gasteiger partial charge in [0.15, 0.2) is 0 Å². The molecule has 3 nitrogen and oxygen atoms in total. The van der Waals surface area contributed by atoms with Gasteiger partial charge in [0.2, 0.25) is 0 Å². The van der Waals surface area contributed by atoms with Crippen molar-refractivity contribution in [2.75, 3.05) is 33.0 Å². The number of rotatable bonds is 7. The van der Waals surface area contributed by atoms with Crippen molar-refractivity contribution in [3.8, 4) is 0 Å². The van der Waals surface area contributed by atoms with Crippen LogP contribution in [0.3, 0.4) is 0 Å². The average Bonchev–Trinajstić information content (AvgIpc) is 2.28. The van der Waals surface area contributed by atoms with E-state index in [9.17, 15) is 0 Å². The zero-order valence-corrected chi connectivity index (χ0v) is 11.9. The van der Waals surface area contributed by atoms with E-state index in [4.69, 9.17) is 9.47 Å². The fraction of sp³-hybridized carbons (Fsp3) is 1.00. The highest BCUT2D eigenvalue weighted by Gasteiger charge is 2.20. The summed E-state index contributed by atoms with van der Waals surface area (Å²) in [4.78, 5) is 0. The van der Waals surface area contributed by atoms with E-state index in [1.165, 1.54) is 0 Å². The van der Waals surface area contributed by atoms with Crippen LogP contribution in [-0.2, 0) is 9.47 Å². The summed E-state index contributed by atoms with van der Waals surface area (Å²) in [6.07, 6.45) is 2.31. The fourth-order valence-corrected chi connectivity index (χ4v) is 1.95. The maximum atomic E-state index is 5.87. The molecule has 0 bridgehead atoms. The Morgan fingerprint density at radius 1 is 1.29 bits per heavy atom. The molecule has 0 radical (unpaired) electrons. The fourth-order valence-electron chi connectivity index (χ4n) is 1.95. The van der Waals surface area contributed by atoms with Gasteiger partial charge >= 0.3 is 0 Å². The molecule has 102 valence electrons. The van der Waals surface area contributed by atoms with E-state index in [-0.39, 0.29) is 5.41 Å². The van der Waals surface area contributed by atoms with Crippen LogP contribution in [0.1, 0.15) is 40.5 Å². The van der Waals surface area contributed by atoms with E-state index in [1.54, 1.807) is 0 Å². The monoisotopic (exact) mass is 243 g/mol. The predicted octanol–water partition coefficient (Wildman–Crippen LogP) is 2.45. The largest absolute Gasteiger partial charge is 0.381 e. The van der Waals surface area contributed by atoms with Gasteiger partial charge in [-0.15, -0.1) is 0 Å². The maximum absolute atomic E-state index is 5.87. The zero-order valence-electron chi connectivity index (χ0n) is 11.9. The Kier molecular flexibility index (Phi) is 6.45. The van der Waals surface area contributed by atoms with Crippen LogP contribution in [0.25, 0.3) is 0 Å². The second-order valence-corrected chi connectivity index (χ2v) is 6.27. The Morgan fingerprint density at radius 3 is 2.53 bits per heavy atom. The first-order valence-electron chi connectivity index (χ1n) is 6.88. The molecule has 0 aliphatic carbocycles. The lowest BCUT2D eigenvalue weighted by Gasteiger charge is -2.28. The number of ether oxygens (including phenoxy) is 2. The molecule has 1 rings (SSSR count). The summed E-state index contributed by atoms with van der Waals surface area (Å²) in [6, 6.07) is 0.546. The molecular weight excluding hydrogens is 214 g/mol. The van der Waals surface area contributed by atoms with Crippen LogP contribution in [0, 0.1) is 11.3 Å². The Labute approximate surface area is 106 Å². The summed E-state index contributed by atoms with van der Waals surface area (Å²) >= 11 is 0. The highest BCUT2D eigenvalue weighted by molar-refractivity contribution is 4.73. The average molecular weight is 243 g/mol. The SMILES string of the molecule is CC(C)NCC(C)(C)COCC1CCOCC1. The van der Waals surface area contributed by atoms with Crippen LogP contribution in [0.15, 0.2) is 0 Å². The van der Waals surface area contributed by atoms with Crippen molar-refractivity contribution in [1.82, 2.24) is 5.32 Å². The third-order valence-corrected chi connectivity index (χ3v) is 3.18. The Balaban J connectivity index is 2.10. The zero-order chi connectivity index (χ0) is 12.7. The molecule has 0 amide bonds. The van der Waals surface area contributed by atoms with Gasteiger partial charge in [0.1, 0.15) is 0 Å². The molecule has 0 spiro atoms. The summed E-state index contributed by atoms with van der Waals surface area (Å²) in [6.45, 7) is 13.4. The quantitative estimate of drug-likeness (QED) is 0.745. The van der Waals surface area contributed by atoms with Crippen molar-refractivity contribution in [3.63, 3.8) is 0 Å². The Morgan fingerprint density at radius 2 is 1.94 bits per heavy atom. The summed E-state index contributed by atoms with van der Waals surface area (Å²) in [5, 5.41) is 3.47. The standard InChI is InChI=1S/C14H29NO2/c1-12(2)15-10-14(3,4)11-17-9-13-5-7-16-8-6-13/h12-13,15H,5-11H2,1-4H3. The second-order valence-electron chi connectivity index (χ2n) is 6.27. The normalized spacial score (nSPS) is 18.9. The van der Waals surface area contributed by atoms with E-state index in [1.807, 2.05) is 0 Å². The number of hydrogen-bond acceptors (Lipinski definition) is 3. The summed E-state index contributed by atoms with van der Waals surface area (Å²) in [7, 11) is 0. The van der Waals surface area contributed by atoms with Crippen molar-refractivity contribution >= 4 is 0 Å². The van der Waals surface area contributed by atoms with Gasteiger partial charge in [-0.25, -0.2) is 0 Å². The molecule has 3 heteroatoms. The summed E-state index contributed by atoms with van der Waals surface area (Å²) < 4.78 is 11.2. The van der Waals surface area contributed by atoms with Gasteiger partial charge in [0.05, 0.1) is 6.61 Å². The molecule has 0 unspecified atom stereocenters. The van der Waals surface area contributed by atoms with E-state index < -0.39 is 0 Å². The first-order valence-corrected chi connectivity index (χ1v) is 6.88. The predicted molar refractivity (Wildman–Crippen MR) is 71.3 cm³/mol. The third-order valence-electron chi connectivity index (χ3n) is 3.18. The highest BCUT2D eigenvalue weighted by atomic mass is 16.5. The van der Waals surface area contributed by atoms with Crippen molar-refractivity contribution in [1.29, 1.82) is 0 Å². The summed E-state index contributed by atoms with van der Waals surface area (Å²) in [5.74, 6) is 0.706. The molecule has 0 aromatic carbocycles. The molecule has 0 aromatic heterocycles. The molecule has 0 saturated carbocycles. The first kappa shape index (κ1) is 14.9. The lowest BCUT2D eigenvalue weighted by atomic mass is 9.94. The number of hydrogen-bond donors (Lipinski definition) is 1. The minimum atomic E-state index is 0.218. The molecule has 17 heavy (non-hydrogen) atoms. The minimum absolute atomic E-state index is 0.218. The molecule has 0 atom stereocenters. The first-order chi connectivity index (χ1) is 7.99. The summed E-state index contributed by atoms with van der Waals surface area (Å²) in [5.41, 5.74) is 0.218. The van der Waals surface area contributed by atoms with Crippen LogP contribution in [0.4, 0.5) is 0 Å². The van der Waals surface area contributed by atoms with Gasteiger partial charge in [-0.2, -0.15) is 0 Å². The Bertz CT molecular complexity index is 198. The van der Waals surface area contributed by atoms with Gasteiger partial charge in [0, 0.05) is 37.8 Å². The second kappa shape index (κ2) is 7.34. The maximum Gasteiger partial charge on any atom is 0.0529 e. The topological polar surface area (TPSA) is 30.5 Å². The van der Waals surface area contributed by atoms with E-state index in [0.717, 1.165) is 45.8 Å². The third kappa shape index (κ3) is 7.02. The number of nitrogens with one attached hydrogen (secondary N) is 1. The van der Waals surface area contributed by atoms with Crippen molar-refractivity contribution in [2.45, 2.75) is 46.6 Å². The van der Waals surface area contributed by atoms with E-state index >= 15 is 0 Å². The minimum Gasteiger partial charge on any atom is -0.381 e. The molecule has 1 heterocycles. The molecule has 1 N–H and O–H groups in total. The lowest BCUT2D eigenvalue weighted by Crippen LogP contribution is -2.37.